The predicted octanol–water partition coefficient (Wildman–Crippen LogP) is 0.669. The number of hydrogen-bond acceptors (Lipinski definition) is 5. The molecule has 0 amide bonds. The smallest absolute Gasteiger partial charge is 0.167 e. The Hall–Kier alpha value is -0.670. The van der Waals surface area contributed by atoms with E-state index >= 15 is 0 Å². The highest BCUT2D eigenvalue weighted by Gasteiger charge is 2.37. The molecule has 2 fully saturated rings. The molecule has 0 bridgehead atoms. The number of piperazine rings is 1. The first-order valence-electron chi connectivity index (χ1n) is 6.71. The summed E-state index contributed by atoms with van der Waals surface area (Å²) in [5.74, 6) is -0.495. The lowest BCUT2D eigenvalue weighted by Crippen LogP contribution is -2.46. The standard InChI is InChI=1S/C13H23N3O2/c1-13(17-11-12(18-13)3-5-14)4-6-16-9-7-15(2)8-10-16/h12H,3-4,6-11H2,1-2H3. The van der Waals surface area contributed by atoms with Gasteiger partial charge in [-0.25, -0.2) is 0 Å². The van der Waals surface area contributed by atoms with Gasteiger partial charge in [-0.1, -0.05) is 0 Å². The van der Waals surface area contributed by atoms with Gasteiger partial charge >= 0.3 is 0 Å². The topological polar surface area (TPSA) is 48.7 Å². The van der Waals surface area contributed by atoms with Gasteiger partial charge in [-0.2, -0.15) is 5.26 Å². The van der Waals surface area contributed by atoms with Crippen molar-refractivity contribution in [2.45, 2.75) is 31.7 Å². The maximum Gasteiger partial charge on any atom is 0.167 e. The van der Waals surface area contributed by atoms with Crippen LogP contribution < -0.4 is 0 Å². The third kappa shape index (κ3) is 3.66. The van der Waals surface area contributed by atoms with Gasteiger partial charge in [-0.3, -0.25) is 0 Å². The minimum atomic E-state index is -0.495. The first-order valence-corrected chi connectivity index (χ1v) is 6.71. The van der Waals surface area contributed by atoms with E-state index in [2.05, 4.69) is 22.9 Å². The molecule has 2 aliphatic rings. The second-order valence-electron chi connectivity index (χ2n) is 5.44. The molecule has 2 atom stereocenters. The van der Waals surface area contributed by atoms with Crippen molar-refractivity contribution in [3.8, 4) is 6.07 Å². The van der Waals surface area contributed by atoms with Crippen LogP contribution in [0.1, 0.15) is 19.8 Å². The van der Waals surface area contributed by atoms with Crippen molar-refractivity contribution >= 4 is 0 Å². The van der Waals surface area contributed by atoms with Crippen molar-refractivity contribution in [2.75, 3.05) is 46.4 Å². The lowest BCUT2D eigenvalue weighted by atomic mass is 10.2. The Bertz CT molecular complexity index is 310. The highest BCUT2D eigenvalue weighted by atomic mass is 16.7. The van der Waals surface area contributed by atoms with E-state index in [1.807, 2.05) is 6.92 Å². The minimum absolute atomic E-state index is 0.0486. The summed E-state index contributed by atoms with van der Waals surface area (Å²) in [7, 11) is 2.16. The molecule has 2 aliphatic heterocycles. The van der Waals surface area contributed by atoms with Gasteiger partial charge in [0, 0.05) is 39.1 Å². The van der Waals surface area contributed by atoms with Gasteiger partial charge in [-0.15, -0.1) is 0 Å². The molecule has 5 nitrogen and oxygen atoms in total. The van der Waals surface area contributed by atoms with Gasteiger partial charge in [0.1, 0.15) is 0 Å². The summed E-state index contributed by atoms with van der Waals surface area (Å²) in [5, 5.41) is 8.66. The van der Waals surface area contributed by atoms with Crippen LogP contribution in [0.25, 0.3) is 0 Å². The molecule has 2 heterocycles. The second kappa shape index (κ2) is 5.98. The summed E-state index contributed by atoms with van der Waals surface area (Å²) >= 11 is 0. The molecule has 2 saturated heterocycles. The maximum absolute atomic E-state index is 8.66. The van der Waals surface area contributed by atoms with Crippen LogP contribution >= 0.6 is 0 Å². The Morgan fingerprint density at radius 1 is 1.33 bits per heavy atom. The molecule has 0 aromatic heterocycles. The first-order chi connectivity index (χ1) is 8.61. The fraction of sp³-hybridized carbons (Fsp3) is 0.923. The first kappa shape index (κ1) is 13.8. The van der Waals surface area contributed by atoms with E-state index in [9.17, 15) is 0 Å². The molecule has 0 N–H and O–H groups in total. The van der Waals surface area contributed by atoms with Crippen molar-refractivity contribution in [1.29, 1.82) is 5.26 Å². The van der Waals surface area contributed by atoms with Gasteiger partial charge in [0.15, 0.2) is 5.79 Å². The lowest BCUT2D eigenvalue weighted by Gasteiger charge is -2.34. The SMILES string of the molecule is CN1CCN(CCC2(C)OCC(CC#N)O2)CC1. The van der Waals surface area contributed by atoms with Crippen LogP contribution in [0, 0.1) is 11.3 Å². The van der Waals surface area contributed by atoms with Crippen molar-refractivity contribution in [3.05, 3.63) is 0 Å². The van der Waals surface area contributed by atoms with E-state index in [0.29, 0.717) is 13.0 Å². The molecule has 18 heavy (non-hydrogen) atoms. The zero-order valence-electron chi connectivity index (χ0n) is 11.4. The largest absolute Gasteiger partial charge is 0.347 e. The molecular formula is C13H23N3O2. The molecule has 102 valence electrons. The van der Waals surface area contributed by atoms with Gasteiger partial charge in [0.25, 0.3) is 0 Å². The van der Waals surface area contributed by atoms with Crippen LogP contribution in [0.5, 0.6) is 0 Å². The molecule has 0 aromatic carbocycles. The molecule has 0 spiro atoms. The van der Waals surface area contributed by atoms with E-state index in [-0.39, 0.29) is 6.10 Å². The van der Waals surface area contributed by atoms with Crippen molar-refractivity contribution in [3.63, 3.8) is 0 Å². The third-order valence-electron chi connectivity index (χ3n) is 3.79. The van der Waals surface area contributed by atoms with Crippen LogP contribution in [0.15, 0.2) is 0 Å². The number of hydrogen-bond donors (Lipinski definition) is 0. The average Bonchev–Trinajstić information content (AvgIpc) is 2.72. The Morgan fingerprint density at radius 3 is 2.72 bits per heavy atom. The van der Waals surface area contributed by atoms with E-state index in [1.54, 1.807) is 0 Å². The van der Waals surface area contributed by atoms with Gasteiger partial charge in [-0.05, 0) is 14.0 Å². The number of nitriles is 1. The molecule has 0 aromatic rings. The van der Waals surface area contributed by atoms with Crippen molar-refractivity contribution in [2.24, 2.45) is 0 Å². The van der Waals surface area contributed by atoms with E-state index in [1.165, 1.54) is 0 Å². The monoisotopic (exact) mass is 253 g/mol. The Labute approximate surface area is 109 Å². The Morgan fingerprint density at radius 2 is 2.06 bits per heavy atom. The summed E-state index contributed by atoms with van der Waals surface area (Å²) in [6.45, 7) is 8.05. The molecule has 2 unspecified atom stereocenters. The average molecular weight is 253 g/mol. The summed E-state index contributed by atoms with van der Waals surface area (Å²) in [6.07, 6.45) is 1.25. The van der Waals surface area contributed by atoms with Crippen LogP contribution in [0.4, 0.5) is 0 Å². The molecule has 0 aliphatic carbocycles. The number of nitrogens with zero attached hydrogens (tertiary/aromatic N) is 3. The van der Waals surface area contributed by atoms with Gasteiger partial charge in [0.05, 0.1) is 25.2 Å². The molecule has 0 radical (unpaired) electrons. The highest BCUT2D eigenvalue weighted by molar-refractivity contribution is 4.83. The predicted molar refractivity (Wildman–Crippen MR) is 68.0 cm³/mol. The van der Waals surface area contributed by atoms with E-state index < -0.39 is 5.79 Å². The van der Waals surface area contributed by atoms with E-state index in [4.69, 9.17) is 14.7 Å². The summed E-state index contributed by atoms with van der Waals surface area (Å²) in [6, 6.07) is 2.14. The van der Waals surface area contributed by atoms with Crippen LogP contribution in [0.3, 0.4) is 0 Å². The molecule has 5 heteroatoms. The minimum Gasteiger partial charge on any atom is -0.347 e. The van der Waals surface area contributed by atoms with Crippen molar-refractivity contribution in [1.82, 2.24) is 9.80 Å². The van der Waals surface area contributed by atoms with Gasteiger partial charge < -0.3 is 19.3 Å². The van der Waals surface area contributed by atoms with Gasteiger partial charge in [0.2, 0.25) is 0 Å². The maximum atomic E-state index is 8.66. The quantitative estimate of drug-likeness (QED) is 0.737. The Kier molecular flexibility index (Phi) is 4.57. The Balaban J connectivity index is 1.72. The van der Waals surface area contributed by atoms with Crippen molar-refractivity contribution < 1.29 is 9.47 Å². The fourth-order valence-corrected chi connectivity index (χ4v) is 2.46. The number of rotatable bonds is 4. The lowest BCUT2D eigenvalue weighted by molar-refractivity contribution is -0.160. The molecule has 2 rings (SSSR count). The number of ether oxygens (including phenoxy) is 2. The summed E-state index contributed by atoms with van der Waals surface area (Å²) < 4.78 is 11.5. The van der Waals surface area contributed by atoms with Crippen LogP contribution in [-0.4, -0.2) is 68.1 Å². The third-order valence-corrected chi connectivity index (χ3v) is 3.79. The number of likely N-dealkylation sites (N-methyl/N-ethyl adjacent to an activating group) is 1. The molecular weight excluding hydrogens is 230 g/mol. The highest BCUT2D eigenvalue weighted by Crippen LogP contribution is 2.28. The van der Waals surface area contributed by atoms with E-state index in [0.717, 1.165) is 39.1 Å². The fourth-order valence-electron chi connectivity index (χ4n) is 2.46. The summed E-state index contributed by atoms with van der Waals surface area (Å²) in [4.78, 5) is 4.80. The van der Waals surface area contributed by atoms with Crippen LogP contribution in [0.2, 0.25) is 0 Å². The van der Waals surface area contributed by atoms with Crippen LogP contribution in [-0.2, 0) is 9.47 Å². The zero-order chi connectivity index (χ0) is 13.0. The summed E-state index contributed by atoms with van der Waals surface area (Å²) in [5.41, 5.74) is 0. The second-order valence-corrected chi connectivity index (χ2v) is 5.44. The molecule has 0 saturated carbocycles. The zero-order valence-corrected chi connectivity index (χ0v) is 11.4. The normalized spacial score (nSPS) is 34.6.